The lowest BCUT2D eigenvalue weighted by atomic mass is 10.1. The molecular weight excluding hydrogens is 484 g/mol. The minimum atomic E-state index is -4.25. The first kappa shape index (κ1) is 25.0. The van der Waals surface area contributed by atoms with Gasteiger partial charge in [0, 0.05) is 25.0 Å². The van der Waals surface area contributed by atoms with Crippen molar-refractivity contribution in [2.24, 2.45) is 7.05 Å². The van der Waals surface area contributed by atoms with E-state index in [1.165, 1.54) is 47.4 Å². The highest BCUT2D eigenvalue weighted by atomic mass is 32.2. The van der Waals surface area contributed by atoms with Gasteiger partial charge in [-0.3, -0.25) is 19.3 Å². The number of fused-ring (bicyclic) bond motifs is 1. The summed E-state index contributed by atoms with van der Waals surface area (Å²) >= 11 is 0. The molecule has 0 spiro atoms. The van der Waals surface area contributed by atoms with Crippen molar-refractivity contribution < 1.29 is 17.9 Å². The topological polar surface area (TPSA) is 149 Å². The van der Waals surface area contributed by atoms with Gasteiger partial charge >= 0.3 is 0 Å². The van der Waals surface area contributed by atoms with Gasteiger partial charge in [0.25, 0.3) is 21.5 Å². The van der Waals surface area contributed by atoms with Crippen LogP contribution in [0.5, 0.6) is 5.75 Å². The Morgan fingerprint density at radius 1 is 1.14 bits per heavy atom. The monoisotopic (exact) mass is 510 g/mol. The molecule has 1 aromatic carbocycles. The van der Waals surface area contributed by atoms with E-state index >= 15 is 0 Å². The highest BCUT2D eigenvalue weighted by Crippen LogP contribution is 2.31. The van der Waals surface area contributed by atoms with Gasteiger partial charge in [-0.25, -0.2) is 18.1 Å². The van der Waals surface area contributed by atoms with Crippen molar-refractivity contribution in [1.29, 1.82) is 0 Å². The predicted molar refractivity (Wildman–Crippen MR) is 133 cm³/mol. The first-order chi connectivity index (χ1) is 17.2. The van der Waals surface area contributed by atoms with E-state index in [9.17, 15) is 18.0 Å². The molecule has 0 aliphatic rings. The summed E-state index contributed by atoms with van der Waals surface area (Å²) in [4.78, 5) is 36.4. The van der Waals surface area contributed by atoms with Crippen LogP contribution in [0.4, 0.5) is 0 Å². The number of pyridine rings is 1. The van der Waals surface area contributed by atoms with E-state index in [-0.39, 0.29) is 21.8 Å². The molecule has 12 heteroatoms. The van der Waals surface area contributed by atoms with Crippen LogP contribution in [0.2, 0.25) is 0 Å². The SMILES string of the molecule is CCCOc1ccc(S(=O)(=O)NC(=O)c2ccncc2)cc1-c1nc2c(CCC)nn(C)c2c(=O)[nH]1. The van der Waals surface area contributed by atoms with Crippen LogP contribution in [0.3, 0.4) is 0 Å². The lowest BCUT2D eigenvalue weighted by molar-refractivity contribution is 0.0981. The van der Waals surface area contributed by atoms with Gasteiger partial charge in [0.1, 0.15) is 17.1 Å². The first-order valence-electron chi connectivity index (χ1n) is 11.5. The number of nitrogens with zero attached hydrogens (tertiary/aromatic N) is 4. The Hall–Kier alpha value is -4.06. The number of ether oxygens (including phenoxy) is 1. The molecule has 0 saturated heterocycles. The predicted octanol–water partition coefficient (Wildman–Crippen LogP) is 2.58. The third kappa shape index (κ3) is 4.98. The highest BCUT2D eigenvalue weighted by Gasteiger charge is 2.23. The number of carbonyl (C=O) groups is 1. The lowest BCUT2D eigenvalue weighted by Crippen LogP contribution is -2.30. The maximum absolute atomic E-state index is 13.1. The number of aromatic amines is 1. The summed E-state index contributed by atoms with van der Waals surface area (Å²) in [5, 5.41) is 4.42. The number of benzene rings is 1. The molecule has 0 unspecified atom stereocenters. The third-order valence-corrected chi connectivity index (χ3v) is 6.73. The molecule has 188 valence electrons. The molecule has 0 saturated carbocycles. The van der Waals surface area contributed by atoms with Gasteiger partial charge in [-0.05, 0) is 43.2 Å². The smallest absolute Gasteiger partial charge is 0.277 e. The molecule has 2 N–H and O–H groups in total. The standard InChI is InChI=1S/C24H26N6O5S/c1-4-6-18-20-21(30(3)28-18)24(32)27-22(26-20)17-14-16(7-8-19(17)35-13-5-2)36(33,34)29-23(31)15-9-11-25-12-10-15/h7-12,14H,4-6,13H2,1-3H3,(H,29,31)(H,26,27,32). The largest absolute Gasteiger partial charge is 0.493 e. The van der Waals surface area contributed by atoms with Crippen LogP contribution in [0.25, 0.3) is 22.4 Å². The third-order valence-electron chi connectivity index (χ3n) is 5.40. The molecule has 0 atom stereocenters. The Morgan fingerprint density at radius 3 is 2.58 bits per heavy atom. The Balaban J connectivity index is 1.82. The van der Waals surface area contributed by atoms with Gasteiger partial charge in [0.15, 0.2) is 5.52 Å². The summed E-state index contributed by atoms with van der Waals surface area (Å²) in [6.07, 6.45) is 4.94. The van der Waals surface area contributed by atoms with Crippen LogP contribution < -0.4 is 15.0 Å². The summed E-state index contributed by atoms with van der Waals surface area (Å²) in [5.41, 5.74) is 1.45. The van der Waals surface area contributed by atoms with Gasteiger partial charge in [0.2, 0.25) is 0 Å². The summed E-state index contributed by atoms with van der Waals surface area (Å²) in [6.45, 7) is 4.31. The first-order valence-corrected chi connectivity index (χ1v) is 12.9. The maximum atomic E-state index is 13.1. The summed E-state index contributed by atoms with van der Waals surface area (Å²) < 4.78 is 35.5. The molecule has 36 heavy (non-hydrogen) atoms. The number of rotatable bonds is 9. The lowest BCUT2D eigenvalue weighted by Gasteiger charge is -2.13. The average molecular weight is 511 g/mol. The average Bonchev–Trinajstić information content (AvgIpc) is 3.18. The molecule has 0 fully saturated rings. The minimum absolute atomic E-state index is 0.140. The van der Waals surface area contributed by atoms with Crippen LogP contribution in [-0.4, -0.2) is 45.7 Å². The molecule has 0 aliphatic heterocycles. The zero-order valence-corrected chi connectivity index (χ0v) is 20.9. The van der Waals surface area contributed by atoms with Crippen LogP contribution in [0, 0.1) is 0 Å². The summed E-state index contributed by atoms with van der Waals surface area (Å²) in [5.74, 6) is -0.307. The molecule has 3 heterocycles. The van der Waals surface area contributed by atoms with Crippen LogP contribution in [-0.2, 0) is 23.5 Å². The second-order valence-corrected chi connectivity index (χ2v) is 9.79. The zero-order valence-electron chi connectivity index (χ0n) is 20.1. The van der Waals surface area contributed by atoms with Gasteiger partial charge in [-0.2, -0.15) is 5.10 Å². The normalized spacial score (nSPS) is 11.5. The van der Waals surface area contributed by atoms with Crippen molar-refractivity contribution in [3.8, 4) is 17.1 Å². The van der Waals surface area contributed by atoms with Crippen molar-refractivity contribution in [2.75, 3.05) is 6.61 Å². The van der Waals surface area contributed by atoms with Crippen LogP contribution >= 0.6 is 0 Å². The van der Waals surface area contributed by atoms with E-state index in [1.807, 2.05) is 13.8 Å². The van der Waals surface area contributed by atoms with E-state index in [1.54, 1.807) is 7.05 Å². The second-order valence-electron chi connectivity index (χ2n) is 8.11. The van der Waals surface area contributed by atoms with Crippen molar-refractivity contribution in [3.63, 3.8) is 0 Å². The van der Waals surface area contributed by atoms with Gasteiger partial charge < -0.3 is 9.72 Å². The van der Waals surface area contributed by atoms with Gasteiger partial charge in [-0.15, -0.1) is 0 Å². The Kier molecular flexibility index (Phi) is 7.15. The van der Waals surface area contributed by atoms with Crippen molar-refractivity contribution >= 4 is 27.0 Å². The molecule has 0 radical (unpaired) electrons. The molecule has 4 aromatic rings. The molecule has 1 amide bonds. The Labute approximate surface area is 207 Å². The maximum Gasteiger partial charge on any atom is 0.277 e. The number of aryl methyl sites for hydroxylation is 2. The fourth-order valence-corrected chi connectivity index (χ4v) is 4.72. The minimum Gasteiger partial charge on any atom is -0.493 e. The molecular formula is C24H26N6O5S. The molecule has 0 bridgehead atoms. The number of sulfonamides is 1. The van der Waals surface area contributed by atoms with Crippen molar-refractivity contribution in [2.45, 2.75) is 38.0 Å². The van der Waals surface area contributed by atoms with E-state index in [0.717, 1.165) is 6.42 Å². The number of carbonyl (C=O) groups excluding carboxylic acids is 1. The summed E-state index contributed by atoms with van der Waals surface area (Å²) in [6, 6.07) is 6.96. The molecule has 4 rings (SSSR count). The molecule has 11 nitrogen and oxygen atoms in total. The Morgan fingerprint density at radius 2 is 1.89 bits per heavy atom. The zero-order chi connectivity index (χ0) is 25.9. The number of hydrogen-bond acceptors (Lipinski definition) is 8. The fourth-order valence-electron chi connectivity index (χ4n) is 3.72. The number of H-pyrrole nitrogens is 1. The number of amides is 1. The number of hydrogen-bond donors (Lipinski definition) is 2. The van der Waals surface area contributed by atoms with E-state index < -0.39 is 21.5 Å². The number of aromatic nitrogens is 5. The molecule has 3 aromatic heterocycles. The van der Waals surface area contributed by atoms with Crippen LogP contribution in [0.15, 0.2) is 52.4 Å². The summed E-state index contributed by atoms with van der Waals surface area (Å²) in [7, 11) is -2.58. The van der Waals surface area contributed by atoms with Crippen molar-refractivity contribution in [1.82, 2.24) is 29.5 Å². The quantitative estimate of drug-likeness (QED) is 0.349. The Bertz CT molecular complexity index is 1580. The van der Waals surface area contributed by atoms with Crippen molar-refractivity contribution in [3.05, 3.63) is 64.3 Å². The van der Waals surface area contributed by atoms with Crippen LogP contribution in [0.1, 0.15) is 42.7 Å². The number of nitrogens with one attached hydrogen (secondary N) is 2. The van der Waals surface area contributed by atoms with E-state index in [0.29, 0.717) is 41.9 Å². The highest BCUT2D eigenvalue weighted by molar-refractivity contribution is 7.90. The molecule has 0 aliphatic carbocycles. The second kappa shape index (κ2) is 10.3. The van der Waals surface area contributed by atoms with Gasteiger partial charge in [-0.1, -0.05) is 20.3 Å². The van der Waals surface area contributed by atoms with E-state index in [4.69, 9.17) is 4.74 Å². The van der Waals surface area contributed by atoms with E-state index in [2.05, 4.69) is 24.8 Å². The van der Waals surface area contributed by atoms with Gasteiger partial charge in [0.05, 0.1) is 22.8 Å². The fraction of sp³-hybridized carbons (Fsp3) is 0.292.